The van der Waals surface area contributed by atoms with Crippen molar-refractivity contribution in [2.75, 3.05) is 64.0 Å². The molecule has 4 fully saturated rings. The van der Waals surface area contributed by atoms with Crippen molar-refractivity contribution in [2.24, 2.45) is 22.7 Å². The number of carbonyl (C=O) groups excluding carboxylic acids is 10. The minimum Gasteiger partial charge on any atom is -0.342 e. The van der Waals surface area contributed by atoms with E-state index in [-0.39, 0.29) is 50.8 Å². The number of nitrogens with one attached hydrogen (secondary N) is 8. The number of likely N-dealkylation sites (tertiary alicyclic amines) is 4. The Bertz CT molecular complexity index is 2940. The van der Waals surface area contributed by atoms with Crippen LogP contribution in [0.2, 0.25) is 0 Å². The van der Waals surface area contributed by atoms with Crippen LogP contribution in [0.25, 0.3) is 21.5 Å². The fourth-order valence-electron chi connectivity index (χ4n) is 11.9. The lowest BCUT2D eigenvalue weighted by atomic mass is 9.85. The largest absolute Gasteiger partial charge is 0.342 e. The van der Waals surface area contributed by atoms with Crippen LogP contribution in [-0.4, -0.2) is 180 Å². The van der Waals surface area contributed by atoms with Crippen LogP contribution in [0.1, 0.15) is 68.2 Å². The number of likely N-dealkylation sites (N-methyl/N-ethyl adjacent to an activating group) is 2. The van der Waals surface area contributed by atoms with E-state index in [0.29, 0.717) is 11.4 Å². The lowest BCUT2D eigenvalue weighted by Gasteiger charge is -2.37. The maximum absolute atomic E-state index is 14.7. The summed E-state index contributed by atoms with van der Waals surface area (Å²) >= 11 is 0. The number of amides is 10. The number of hydrogen-bond acceptors (Lipinski definition) is 12. The number of rotatable bonds is 16. The van der Waals surface area contributed by atoms with E-state index in [1.807, 2.05) is 114 Å². The highest BCUT2D eigenvalue weighted by Gasteiger charge is 2.57. The maximum Gasteiger partial charge on any atom is 0.309 e. The predicted molar refractivity (Wildman–Crippen MR) is 309 cm³/mol. The molecule has 4 aliphatic rings. The van der Waals surface area contributed by atoms with E-state index in [9.17, 15) is 47.9 Å². The van der Waals surface area contributed by atoms with Gasteiger partial charge in [0.05, 0.1) is 61.2 Å². The zero-order valence-corrected chi connectivity index (χ0v) is 48.4. The molecule has 0 unspecified atom stereocenters. The second-order valence-electron chi connectivity index (χ2n) is 24.1. The van der Waals surface area contributed by atoms with Gasteiger partial charge >= 0.3 is 11.8 Å². The molecule has 4 aromatic carbocycles. The van der Waals surface area contributed by atoms with E-state index in [2.05, 4.69) is 42.5 Å². The van der Waals surface area contributed by atoms with E-state index < -0.39 is 131 Å². The molecule has 82 heavy (non-hydrogen) atoms. The minimum absolute atomic E-state index is 0.128. The third-order valence-electron chi connectivity index (χ3n) is 16.7. The summed E-state index contributed by atoms with van der Waals surface area (Å²) in [4.78, 5) is 146. The second-order valence-corrected chi connectivity index (χ2v) is 24.1. The lowest BCUT2D eigenvalue weighted by Crippen LogP contribution is -2.59. The Balaban J connectivity index is 0.957. The predicted octanol–water partition coefficient (Wildman–Crippen LogP) is 1.94. The molecule has 4 aromatic rings. The normalized spacial score (nSPS) is 21.9. The maximum atomic E-state index is 14.7. The number of anilines is 2. The molecule has 10 atom stereocenters. The first-order chi connectivity index (χ1) is 38.8. The Labute approximate surface area is 477 Å². The monoisotopic (exact) mass is 1130 g/mol. The highest BCUT2D eigenvalue weighted by atomic mass is 16.2. The first-order valence-electron chi connectivity index (χ1n) is 28.1. The Morgan fingerprint density at radius 3 is 1.21 bits per heavy atom. The van der Waals surface area contributed by atoms with Crippen molar-refractivity contribution in [1.82, 2.24) is 51.5 Å². The first kappa shape index (κ1) is 60.1. The van der Waals surface area contributed by atoms with Gasteiger partial charge in [-0.1, -0.05) is 114 Å². The van der Waals surface area contributed by atoms with E-state index in [4.69, 9.17) is 0 Å². The van der Waals surface area contributed by atoms with Gasteiger partial charge in [-0.05, 0) is 74.5 Å². The van der Waals surface area contributed by atoms with Crippen molar-refractivity contribution in [3.63, 3.8) is 0 Å². The smallest absolute Gasteiger partial charge is 0.309 e. The van der Waals surface area contributed by atoms with Crippen molar-refractivity contribution in [1.29, 1.82) is 0 Å². The standard InChI is InChI=1S/C60H78N12O10/c1-33(61-9)51(75)67-49(59(3,4)5)57(81)69-27-25-43-47(69)39(53(77)65-41-23-15-19-35-17-11-13-21-37(35)41)31-71(43)45(73)29-63-55(79)56(80)64-30-46(74)72-32-40(54(78)66-42-24-16-20-36-18-12-14-22-38(36)42)48-44(72)26-28-70(48)58(82)50(60(6,7)8)68-52(76)34(2)62-10/h11-24,33-34,39-40,43-44,47-50,61-62H,25-32H2,1-10H3,(H,63,79)(H,64,80)(H,65,77)(H,66,78)(H,67,75)(H,68,76)/t33-,34-,39-,40-,43+,44+,47+,48+,49+,50+/m0/s1. The molecule has 0 spiro atoms. The molecular formula is C60H78N12O10. The van der Waals surface area contributed by atoms with Crippen LogP contribution in [0.4, 0.5) is 11.4 Å². The summed E-state index contributed by atoms with van der Waals surface area (Å²) in [6.07, 6.45) is 0.572. The number of nitrogens with zero attached hydrogens (tertiary/aromatic N) is 4. The third-order valence-corrected chi connectivity index (χ3v) is 16.7. The van der Waals surface area contributed by atoms with Crippen molar-refractivity contribution < 1.29 is 47.9 Å². The van der Waals surface area contributed by atoms with Crippen LogP contribution in [-0.2, 0) is 47.9 Å². The molecule has 0 saturated carbocycles. The van der Waals surface area contributed by atoms with Gasteiger partial charge in [0, 0.05) is 48.3 Å². The van der Waals surface area contributed by atoms with Crippen LogP contribution < -0.4 is 42.5 Å². The van der Waals surface area contributed by atoms with Crippen LogP contribution in [0.5, 0.6) is 0 Å². The van der Waals surface area contributed by atoms with Crippen LogP contribution in [0.3, 0.4) is 0 Å². The van der Waals surface area contributed by atoms with Crippen LogP contribution in [0, 0.1) is 22.7 Å². The molecule has 8 N–H and O–H groups in total. The molecule has 0 bridgehead atoms. The highest BCUT2D eigenvalue weighted by Crippen LogP contribution is 2.40. The Hall–Kier alpha value is -7.98. The third kappa shape index (κ3) is 12.6. The molecular weight excluding hydrogens is 1050 g/mol. The molecule has 8 rings (SSSR count). The summed E-state index contributed by atoms with van der Waals surface area (Å²) in [6, 6.07) is 19.9. The Morgan fingerprint density at radius 1 is 0.500 bits per heavy atom. The van der Waals surface area contributed by atoms with E-state index >= 15 is 0 Å². The van der Waals surface area contributed by atoms with Gasteiger partial charge in [0.1, 0.15) is 12.1 Å². The molecule has 0 aliphatic carbocycles. The van der Waals surface area contributed by atoms with Crippen molar-refractivity contribution in [3.05, 3.63) is 84.9 Å². The van der Waals surface area contributed by atoms with E-state index in [1.54, 1.807) is 49.9 Å². The molecule has 4 aliphatic heterocycles. The van der Waals surface area contributed by atoms with Gasteiger partial charge in [0.25, 0.3) is 0 Å². The quantitative estimate of drug-likeness (QED) is 0.0748. The Kier molecular flexibility index (Phi) is 18.1. The van der Waals surface area contributed by atoms with Gasteiger partial charge in [-0.15, -0.1) is 0 Å². The fraction of sp³-hybridized carbons (Fsp3) is 0.500. The van der Waals surface area contributed by atoms with Gasteiger partial charge in [-0.25, -0.2) is 0 Å². The molecule has 4 saturated heterocycles. The highest BCUT2D eigenvalue weighted by molar-refractivity contribution is 6.35. The molecule has 22 heteroatoms. The van der Waals surface area contributed by atoms with E-state index in [0.717, 1.165) is 21.5 Å². The Morgan fingerprint density at radius 2 is 0.854 bits per heavy atom. The molecule has 438 valence electrons. The zero-order chi connectivity index (χ0) is 59.5. The molecule has 4 heterocycles. The van der Waals surface area contributed by atoms with Gasteiger partial charge in [-0.2, -0.15) is 0 Å². The molecule has 0 aromatic heterocycles. The van der Waals surface area contributed by atoms with Gasteiger partial charge in [0.2, 0.25) is 47.3 Å². The van der Waals surface area contributed by atoms with Gasteiger partial charge in [0.15, 0.2) is 0 Å². The van der Waals surface area contributed by atoms with Crippen molar-refractivity contribution in [3.8, 4) is 0 Å². The second kappa shape index (κ2) is 24.6. The van der Waals surface area contributed by atoms with Crippen LogP contribution in [0.15, 0.2) is 84.9 Å². The molecule has 0 radical (unpaired) electrons. The summed E-state index contributed by atoms with van der Waals surface area (Å²) in [5, 5.41) is 25.8. The van der Waals surface area contributed by atoms with Crippen molar-refractivity contribution in [2.45, 2.75) is 117 Å². The summed E-state index contributed by atoms with van der Waals surface area (Å²) in [7, 11) is 3.27. The fourth-order valence-corrected chi connectivity index (χ4v) is 11.9. The summed E-state index contributed by atoms with van der Waals surface area (Å²) < 4.78 is 0. The first-order valence-corrected chi connectivity index (χ1v) is 28.1. The topological polar surface area (TPSA) is 280 Å². The SMILES string of the molecule is CN[C@@H](C)C(=O)N[C@H](C(=O)N1CC[C@@H]2[C@H]1[C@@H](C(=O)Nc1cccc3ccccc13)CN2C(=O)CNC(=O)C(=O)NCC(=O)N1C[C@H](C(=O)Nc2cccc3ccccc23)[C@@H]2[C@H]1CCN2C(=O)[C@@H](NC(=O)[C@H](C)NC)C(C)(C)C)C(C)(C)C. The summed E-state index contributed by atoms with van der Waals surface area (Å²) in [6.45, 7) is 13.1. The number of hydrogen-bond donors (Lipinski definition) is 8. The number of fused-ring (bicyclic) bond motifs is 4. The lowest BCUT2D eigenvalue weighted by molar-refractivity contribution is -0.142. The summed E-state index contributed by atoms with van der Waals surface area (Å²) in [5.74, 6) is -8.02. The minimum atomic E-state index is -1.21. The van der Waals surface area contributed by atoms with Crippen LogP contribution >= 0.6 is 0 Å². The number of carbonyl (C=O) groups is 10. The van der Waals surface area contributed by atoms with E-state index in [1.165, 1.54) is 9.80 Å². The van der Waals surface area contributed by atoms with Crippen molar-refractivity contribution >= 4 is 92.0 Å². The zero-order valence-electron chi connectivity index (χ0n) is 48.4. The molecule has 10 amide bonds. The average molecular weight is 1130 g/mol. The average Bonchev–Trinajstić information content (AvgIpc) is 4.24. The van der Waals surface area contributed by atoms with Gasteiger partial charge < -0.3 is 62.1 Å². The number of benzene rings is 4. The van der Waals surface area contributed by atoms with Gasteiger partial charge in [-0.3, -0.25) is 47.9 Å². The molecule has 22 nitrogen and oxygen atoms in total. The summed E-state index contributed by atoms with van der Waals surface area (Å²) in [5.41, 5.74) is -0.428.